The van der Waals surface area contributed by atoms with E-state index in [1.54, 1.807) is 17.5 Å². The Morgan fingerprint density at radius 1 is 1.42 bits per heavy atom. The standard InChI is InChI=1S/C14H17BrN2OS/c1-3-6-18-11-7-10(8-17-9-11)14(16-2)12-4-5-13(15)19-12/h4-5,7-9,14,16H,3,6H2,1-2H3. The molecule has 0 aromatic carbocycles. The first-order valence-electron chi connectivity index (χ1n) is 6.24. The number of pyridine rings is 1. The highest BCUT2D eigenvalue weighted by Crippen LogP contribution is 2.31. The Morgan fingerprint density at radius 3 is 2.89 bits per heavy atom. The Bertz CT molecular complexity index is 530. The molecule has 19 heavy (non-hydrogen) atoms. The van der Waals surface area contributed by atoms with Gasteiger partial charge in [-0.05, 0) is 53.2 Å². The smallest absolute Gasteiger partial charge is 0.137 e. The number of rotatable bonds is 6. The molecule has 0 aliphatic heterocycles. The molecule has 0 bridgehead atoms. The van der Waals surface area contributed by atoms with Crippen molar-refractivity contribution in [2.45, 2.75) is 19.4 Å². The minimum atomic E-state index is 0.147. The lowest BCUT2D eigenvalue weighted by molar-refractivity contribution is 0.315. The van der Waals surface area contributed by atoms with Crippen LogP contribution in [0.15, 0.2) is 34.4 Å². The molecule has 102 valence electrons. The highest BCUT2D eigenvalue weighted by molar-refractivity contribution is 9.11. The van der Waals surface area contributed by atoms with Crippen molar-refractivity contribution in [3.63, 3.8) is 0 Å². The first-order valence-corrected chi connectivity index (χ1v) is 7.85. The Balaban J connectivity index is 2.23. The van der Waals surface area contributed by atoms with Gasteiger partial charge < -0.3 is 10.1 Å². The third kappa shape index (κ3) is 3.78. The van der Waals surface area contributed by atoms with Crippen LogP contribution in [0.5, 0.6) is 5.75 Å². The summed E-state index contributed by atoms with van der Waals surface area (Å²) < 4.78 is 6.77. The first kappa shape index (κ1) is 14.5. The average Bonchev–Trinajstić information content (AvgIpc) is 2.84. The lowest BCUT2D eigenvalue weighted by Crippen LogP contribution is -2.16. The van der Waals surface area contributed by atoms with Crippen molar-refractivity contribution >= 4 is 27.3 Å². The molecular formula is C14H17BrN2OS. The molecule has 3 nitrogen and oxygen atoms in total. The zero-order valence-electron chi connectivity index (χ0n) is 11.0. The fraction of sp³-hybridized carbons (Fsp3) is 0.357. The van der Waals surface area contributed by atoms with E-state index in [4.69, 9.17) is 4.74 Å². The maximum absolute atomic E-state index is 5.64. The number of halogens is 1. The normalized spacial score (nSPS) is 12.4. The van der Waals surface area contributed by atoms with Gasteiger partial charge in [0.1, 0.15) is 5.75 Å². The van der Waals surface area contributed by atoms with Crippen LogP contribution in [0.1, 0.15) is 29.8 Å². The lowest BCUT2D eigenvalue weighted by atomic mass is 10.1. The number of ether oxygens (including phenoxy) is 1. The van der Waals surface area contributed by atoms with Gasteiger partial charge in [-0.25, -0.2) is 0 Å². The number of aromatic nitrogens is 1. The van der Waals surface area contributed by atoms with Gasteiger partial charge in [0.15, 0.2) is 0 Å². The van der Waals surface area contributed by atoms with Crippen LogP contribution in [0.2, 0.25) is 0 Å². The molecule has 1 unspecified atom stereocenters. The van der Waals surface area contributed by atoms with Gasteiger partial charge in [-0.15, -0.1) is 11.3 Å². The second-order valence-electron chi connectivity index (χ2n) is 4.17. The third-order valence-electron chi connectivity index (χ3n) is 2.71. The van der Waals surface area contributed by atoms with Gasteiger partial charge in [-0.2, -0.15) is 0 Å². The predicted octanol–water partition coefficient (Wildman–Crippen LogP) is 4.00. The summed E-state index contributed by atoms with van der Waals surface area (Å²) in [6.45, 7) is 2.82. The van der Waals surface area contributed by atoms with Gasteiger partial charge in [0, 0.05) is 11.1 Å². The predicted molar refractivity (Wildman–Crippen MR) is 82.9 cm³/mol. The Hall–Kier alpha value is -0.910. The van der Waals surface area contributed by atoms with Crippen molar-refractivity contribution in [2.75, 3.05) is 13.7 Å². The summed E-state index contributed by atoms with van der Waals surface area (Å²) in [5, 5.41) is 3.33. The summed E-state index contributed by atoms with van der Waals surface area (Å²) in [6, 6.07) is 6.39. The fourth-order valence-corrected chi connectivity index (χ4v) is 3.41. The van der Waals surface area contributed by atoms with Crippen LogP contribution in [0, 0.1) is 0 Å². The van der Waals surface area contributed by atoms with Gasteiger partial charge in [0.05, 0.1) is 22.6 Å². The summed E-state index contributed by atoms with van der Waals surface area (Å²) in [7, 11) is 1.96. The van der Waals surface area contributed by atoms with E-state index in [9.17, 15) is 0 Å². The molecule has 0 spiro atoms. The number of nitrogens with zero attached hydrogens (tertiary/aromatic N) is 1. The van der Waals surface area contributed by atoms with Crippen LogP contribution < -0.4 is 10.1 Å². The highest BCUT2D eigenvalue weighted by atomic mass is 79.9. The molecular weight excluding hydrogens is 324 g/mol. The van der Waals surface area contributed by atoms with E-state index in [-0.39, 0.29) is 6.04 Å². The van der Waals surface area contributed by atoms with Crippen LogP contribution in [0.25, 0.3) is 0 Å². The van der Waals surface area contributed by atoms with Crippen LogP contribution in [0.4, 0.5) is 0 Å². The molecule has 1 N–H and O–H groups in total. The fourth-order valence-electron chi connectivity index (χ4n) is 1.85. The first-order chi connectivity index (χ1) is 9.24. The molecule has 0 aliphatic rings. The SMILES string of the molecule is CCCOc1cncc(C(NC)c2ccc(Br)s2)c1. The zero-order chi connectivity index (χ0) is 13.7. The van der Waals surface area contributed by atoms with E-state index in [2.05, 4.69) is 51.4 Å². The van der Waals surface area contributed by atoms with Crippen molar-refractivity contribution in [3.8, 4) is 5.75 Å². The summed E-state index contributed by atoms with van der Waals surface area (Å²) in [6.07, 6.45) is 4.64. The molecule has 0 radical (unpaired) electrons. The average molecular weight is 341 g/mol. The second-order valence-corrected chi connectivity index (χ2v) is 6.66. The molecule has 5 heteroatoms. The molecule has 2 aromatic heterocycles. The Kier molecular flexibility index (Phi) is 5.36. The molecule has 1 atom stereocenters. The van der Waals surface area contributed by atoms with Crippen molar-refractivity contribution < 1.29 is 4.74 Å². The minimum Gasteiger partial charge on any atom is -0.492 e. The summed E-state index contributed by atoms with van der Waals surface area (Å²) in [5.74, 6) is 0.829. The quantitative estimate of drug-likeness (QED) is 0.862. The van der Waals surface area contributed by atoms with E-state index < -0.39 is 0 Å². The summed E-state index contributed by atoms with van der Waals surface area (Å²) in [4.78, 5) is 5.52. The zero-order valence-corrected chi connectivity index (χ0v) is 13.4. The number of nitrogens with one attached hydrogen (secondary N) is 1. The van der Waals surface area contributed by atoms with Crippen LogP contribution in [-0.4, -0.2) is 18.6 Å². The van der Waals surface area contributed by atoms with Gasteiger partial charge >= 0.3 is 0 Å². The molecule has 0 aliphatic carbocycles. The van der Waals surface area contributed by atoms with E-state index in [1.165, 1.54) is 4.88 Å². The molecule has 2 aromatic rings. The number of hydrogen-bond acceptors (Lipinski definition) is 4. The van der Waals surface area contributed by atoms with Crippen LogP contribution in [0.3, 0.4) is 0 Å². The number of thiophene rings is 1. The molecule has 0 amide bonds. The monoisotopic (exact) mass is 340 g/mol. The molecule has 2 rings (SSSR count). The van der Waals surface area contributed by atoms with E-state index in [0.717, 1.165) is 28.1 Å². The van der Waals surface area contributed by atoms with Gasteiger partial charge in [-0.3, -0.25) is 4.98 Å². The molecule has 0 saturated carbocycles. The maximum Gasteiger partial charge on any atom is 0.137 e. The summed E-state index contributed by atoms with van der Waals surface area (Å²) in [5.41, 5.74) is 1.12. The highest BCUT2D eigenvalue weighted by Gasteiger charge is 2.15. The van der Waals surface area contributed by atoms with Crippen molar-refractivity contribution in [2.24, 2.45) is 0 Å². The molecule has 2 heterocycles. The maximum atomic E-state index is 5.64. The van der Waals surface area contributed by atoms with Crippen molar-refractivity contribution in [1.29, 1.82) is 0 Å². The van der Waals surface area contributed by atoms with Crippen molar-refractivity contribution in [1.82, 2.24) is 10.3 Å². The molecule has 0 fully saturated rings. The Morgan fingerprint density at radius 2 is 2.26 bits per heavy atom. The number of hydrogen-bond donors (Lipinski definition) is 1. The topological polar surface area (TPSA) is 34.1 Å². The van der Waals surface area contributed by atoms with E-state index in [0.29, 0.717) is 0 Å². The third-order valence-corrected chi connectivity index (χ3v) is 4.40. The largest absolute Gasteiger partial charge is 0.492 e. The summed E-state index contributed by atoms with van der Waals surface area (Å²) >= 11 is 5.23. The van der Waals surface area contributed by atoms with Gasteiger partial charge in [-0.1, -0.05) is 6.92 Å². The second kappa shape index (κ2) is 7.03. The molecule has 0 saturated heterocycles. The van der Waals surface area contributed by atoms with Crippen molar-refractivity contribution in [3.05, 3.63) is 44.8 Å². The van der Waals surface area contributed by atoms with Gasteiger partial charge in [0.2, 0.25) is 0 Å². The van der Waals surface area contributed by atoms with E-state index in [1.807, 2.05) is 13.2 Å². The lowest BCUT2D eigenvalue weighted by Gasteiger charge is -2.15. The Labute approximate surface area is 126 Å². The minimum absolute atomic E-state index is 0.147. The van der Waals surface area contributed by atoms with Crippen LogP contribution in [-0.2, 0) is 0 Å². The van der Waals surface area contributed by atoms with Crippen LogP contribution >= 0.6 is 27.3 Å². The van der Waals surface area contributed by atoms with Gasteiger partial charge in [0.25, 0.3) is 0 Å². The van der Waals surface area contributed by atoms with E-state index >= 15 is 0 Å².